The third-order valence-electron chi connectivity index (χ3n) is 3.26. The van der Waals surface area contributed by atoms with Gasteiger partial charge in [-0.05, 0) is 38.3 Å². The predicted molar refractivity (Wildman–Crippen MR) is 66.2 cm³/mol. The zero-order chi connectivity index (χ0) is 13.1. The maximum atomic E-state index is 12.3. The second-order valence-electron chi connectivity index (χ2n) is 4.53. The Morgan fingerprint density at radius 3 is 2.78 bits per heavy atom. The number of aryl methyl sites for hydroxylation is 1. The van der Waals surface area contributed by atoms with Crippen molar-refractivity contribution < 1.29 is 14.0 Å². The van der Waals surface area contributed by atoms with Crippen molar-refractivity contribution in [2.45, 2.75) is 32.2 Å². The number of carbonyl (C=O) groups excluding carboxylic acids is 2. The quantitative estimate of drug-likeness (QED) is 0.861. The molecule has 0 aromatic carbocycles. The third kappa shape index (κ3) is 2.39. The molecule has 1 aromatic heterocycles. The van der Waals surface area contributed by atoms with E-state index in [0.717, 1.165) is 12.8 Å². The van der Waals surface area contributed by atoms with Crippen LogP contribution in [0, 0.1) is 6.92 Å². The van der Waals surface area contributed by atoms with Crippen molar-refractivity contribution in [1.29, 1.82) is 0 Å². The van der Waals surface area contributed by atoms with Crippen molar-refractivity contribution in [3.05, 3.63) is 23.7 Å². The Balaban J connectivity index is 2.18. The Labute approximate surface area is 106 Å². The van der Waals surface area contributed by atoms with Crippen LogP contribution in [-0.2, 0) is 4.79 Å². The molecule has 0 unspecified atom stereocenters. The van der Waals surface area contributed by atoms with Crippen LogP contribution < -0.4 is 5.32 Å². The maximum Gasteiger partial charge on any atom is 0.290 e. The average molecular weight is 250 g/mol. The fourth-order valence-corrected chi connectivity index (χ4v) is 2.30. The Morgan fingerprint density at radius 2 is 2.17 bits per heavy atom. The van der Waals surface area contributed by atoms with Crippen molar-refractivity contribution >= 4 is 11.8 Å². The van der Waals surface area contributed by atoms with E-state index < -0.39 is 0 Å². The van der Waals surface area contributed by atoms with Gasteiger partial charge in [0.15, 0.2) is 5.76 Å². The lowest BCUT2D eigenvalue weighted by molar-refractivity contribution is -0.126. The molecule has 1 aliphatic rings. The van der Waals surface area contributed by atoms with Crippen LogP contribution in [0.3, 0.4) is 0 Å². The number of hydrogen-bond acceptors (Lipinski definition) is 3. The van der Waals surface area contributed by atoms with Gasteiger partial charge in [-0.3, -0.25) is 9.59 Å². The molecule has 1 N–H and O–H groups in total. The van der Waals surface area contributed by atoms with Crippen LogP contribution in [0.2, 0.25) is 0 Å². The van der Waals surface area contributed by atoms with E-state index in [0.29, 0.717) is 24.5 Å². The summed E-state index contributed by atoms with van der Waals surface area (Å²) in [6, 6.07) is 3.04. The molecule has 2 amide bonds. The van der Waals surface area contributed by atoms with Gasteiger partial charge >= 0.3 is 0 Å². The Kier molecular flexibility index (Phi) is 3.69. The van der Waals surface area contributed by atoms with Crippen LogP contribution in [0.25, 0.3) is 0 Å². The van der Waals surface area contributed by atoms with Gasteiger partial charge in [-0.15, -0.1) is 0 Å². The Morgan fingerprint density at radius 1 is 1.39 bits per heavy atom. The third-order valence-corrected chi connectivity index (χ3v) is 3.26. The first kappa shape index (κ1) is 12.7. The largest absolute Gasteiger partial charge is 0.456 e. The van der Waals surface area contributed by atoms with Gasteiger partial charge in [0.1, 0.15) is 11.8 Å². The van der Waals surface area contributed by atoms with Gasteiger partial charge in [-0.1, -0.05) is 0 Å². The van der Waals surface area contributed by atoms with Gasteiger partial charge < -0.3 is 14.6 Å². The minimum Gasteiger partial charge on any atom is -0.456 e. The molecule has 2 rings (SSSR count). The summed E-state index contributed by atoms with van der Waals surface area (Å²) >= 11 is 0. The fourth-order valence-electron chi connectivity index (χ4n) is 2.30. The first-order chi connectivity index (χ1) is 8.63. The summed E-state index contributed by atoms with van der Waals surface area (Å²) in [4.78, 5) is 25.7. The van der Waals surface area contributed by atoms with Crippen LogP contribution in [0.15, 0.2) is 16.5 Å². The van der Waals surface area contributed by atoms with Gasteiger partial charge in [0.25, 0.3) is 5.91 Å². The van der Waals surface area contributed by atoms with Gasteiger partial charge in [0.05, 0.1) is 0 Å². The Hall–Kier alpha value is -1.78. The summed E-state index contributed by atoms with van der Waals surface area (Å²) in [5.74, 6) is 0.706. The van der Waals surface area contributed by atoms with E-state index in [1.54, 1.807) is 31.0 Å². The number of rotatable bonds is 2. The molecule has 0 bridgehead atoms. The van der Waals surface area contributed by atoms with E-state index in [1.807, 2.05) is 0 Å². The van der Waals surface area contributed by atoms with Gasteiger partial charge in [0.2, 0.25) is 5.91 Å². The number of nitrogens with one attached hydrogen (secondary N) is 1. The first-order valence-electron chi connectivity index (χ1n) is 6.22. The molecular formula is C13H18N2O3. The van der Waals surface area contributed by atoms with Crippen molar-refractivity contribution in [2.75, 3.05) is 13.6 Å². The van der Waals surface area contributed by atoms with Crippen molar-refractivity contribution in [3.63, 3.8) is 0 Å². The molecule has 1 atom stereocenters. The molecule has 2 heterocycles. The lowest BCUT2D eigenvalue weighted by atomic mass is 10.0. The van der Waals surface area contributed by atoms with Crippen molar-refractivity contribution in [2.24, 2.45) is 0 Å². The van der Waals surface area contributed by atoms with Gasteiger partial charge in [-0.2, -0.15) is 0 Å². The normalized spacial score (nSPS) is 19.7. The molecule has 0 saturated carbocycles. The molecule has 0 aliphatic carbocycles. The molecular weight excluding hydrogens is 232 g/mol. The zero-order valence-corrected chi connectivity index (χ0v) is 10.7. The minimum atomic E-state index is -0.373. The molecule has 1 aromatic rings. The van der Waals surface area contributed by atoms with Crippen LogP contribution in [0.1, 0.15) is 35.6 Å². The van der Waals surface area contributed by atoms with Crippen LogP contribution in [0.5, 0.6) is 0 Å². The minimum absolute atomic E-state index is 0.105. The van der Waals surface area contributed by atoms with Crippen LogP contribution >= 0.6 is 0 Å². The molecule has 1 fully saturated rings. The topological polar surface area (TPSA) is 62.6 Å². The van der Waals surface area contributed by atoms with E-state index in [9.17, 15) is 9.59 Å². The van der Waals surface area contributed by atoms with Gasteiger partial charge in [-0.25, -0.2) is 0 Å². The van der Waals surface area contributed by atoms with E-state index in [1.165, 1.54) is 0 Å². The second kappa shape index (κ2) is 5.25. The van der Waals surface area contributed by atoms with Crippen molar-refractivity contribution in [1.82, 2.24) is 10.2 Å². The zero-order valence-electron chi connectivity index (χ0n) is 10.7. The smallest absolute Gasteiger partial charge is 0.290 e. The summed E-state index contributed by atoms with van der Waals surface area (Å²) in [6.45, 7) is 2.40. The molecule has 0 radical (unpaired) electrons. The van der Waals surface area contributed by atoms with Crippen LogP contribution in [-0.4, -0.2) is 36.3 Å². The molecule has 1 aliphatic heterocycles. The number of furan rings is 1. The highest BCUT2D eigenvalue weighted by Gasteiger charge is 2.33. The highest BCUT2D eigenvalue weighted by molar-refractivity contribution is 5.95. The number of amides is 2. The number of likely N-dealkylation sites (N-methyl/N-ethyl adjacent to an activating group) is 1. The highest BCUT2D eigenvalue weighted by atomic mass is 16.3. The number of hydrogen-bond donors (Lipinski definition) is 1. The maximum absolute atomic E-state index is 12.3. The summed E-state index contributed by atoms with van der Waals surface area (Å²) in [5, 5.41) is 2.61. The Bertz CT molecular complexity index is 453. The standard InChI is InChI=1S/C13H18N2O3/c1-9-6-7-11(18-9)13(17)15-8-4-3-5-10(15)12(16)14-2/h6-7,10H,3-5,8H2,1-2H3,(H,14,16)/t10-/m1/s1. The SMILES string of the molecule is CNC(=O)[C@H]1CCCCN1C(=O)c1ccc(C)o1. The number of carbonyl (C=O) groups is 2. The second-order valence-corrected chi connectivity index (χ2v) is 4.53. The van der Waals surface area contributed by atoms with E-state index in [4.69, 9.17) is 4.42 Å². The fraction of sp³-hybridized carbons (Fsp3) is 0.538. The summed E-state index contributed by atoms with van der Waals surface area (Å²) in [7, 11) is 1.59. The molecule has 5 nitrogen and oxygen atoms in total. The molecule has 0 spiro atoms. The van der Waals surface area contributed by atoms with E-state index in [-0.39, 0.29) is 17.9 Å². The van der Waals surface area contributed by atoms with Gasteiger partial charge in [0, 0.05) is 13.6 Å². The lowest BCUT2D eigenvalue weighted by Crippen LogP contribution is -2.51. The first-order valence-corrected chi connectivity index (χ1v) is 6.22. The molecule has 98 valence electrons. The number of likely N-dealkylation sites (tertiary alicyclic amines) is 1. The monoisotopic (exact) mass is 250 g/mol. The molecule has 18 heavy (non-hydrogen) atoms. The molecule has 1 saturated heterocycles. The lowest BCUT2D eigenvalue weighted by Gasteiger charge is -2.33. The van der Waals surface area contributed by atoms with E-state index in [2.05, 4.69) is 5.32 Å². The van der Waals surface area contributed by atoms with Crippen LogP contribution in [0.4, 0.5) is 0 Å². The number of piperidine rings is 1. The molecule has 5 heteroatoms. The summed E-state index contributed by atoms with van der Waals surface area (Å²) < 4.78 is 5.34. The average Bonchev–Trinajstić information content (AvgIpc) is 2.83. The van der Waals surface area contributed by atoms with Crippen molar-refractivity contribution in [3.8, 4) is 0 Å². The highest BCUT2D eigenvalue weighted by Crippen LogP contribution is 2.20. The summed E-state index contributed by atoms with van der Waals surface area (Å²) in [6.07, 6.45) is 2.61. The van der Waals surface area contributed by atoms with E-state index >= 15 is 0 Å². The summed E-state index contributed by atoms with van der Waals surface area (Å²) in [5.41, 5.74) is 0. The number of nitrogens with zero attached hydrogens (tertiary/aromatic N) is 1. The predicted octanol–water partition coefficient (Wildman–Crippen LogP) is 1.33.